The minimum Gasteiger partial charge on any atom is -0.397 e. The van der Waals surface area contributed by atoms with Crippen LogP contribution in [-0.4, -0.2) is 27.3 Å². The van der Waals surface area contributed by atoms with E-state index in [4.69, 9.17) is 10.7 Å². The highest BCUT2D eigenvalue weighted by Crippen LogP contribution is 2.36. The summed E-state index contributed by atoms with van der Waals surface area (Å²) >= 11 is 1.36. The van der Waals surface area contributed by atoms with E-state index in [2.05, 4.69) is 45.5 Å². The molecule has 6 nitrogen and oxygen atoms in total. The molecule has 3 aromatic heterocycles. The number of amides is 1. The summed E-state index contributed by atoms with van der Waals surface area (Å²) in [6.07, 6.45) is 4.40. The molecule has 0 aliphatic carbocycles. The third-order valence-corrected chi connectivity index (χ3v) is 7.45. The first-order chi connectivity index (χ1) is 16.7. The number of pyridine rings is 2. The number of benzene rings is 2. The summed E-state index contributed by atoms with van der Waals surface area (Å²) in [6.45, 7) is 2.70. The zero-order valence-electron chi connectivity index (χ0n) is 18.5. The van der Waals surface area contributed by atoms with Gasteiger partial charge in [-0.2, -0.15) is 0 Å². The summed E-state index contributed by atoms with van der Waals surface area (Å²) in [4.78, 5) is 26.0. The van der Waals surface area contributed by atoms with E-state index in [-0.39, 0.29) is 5.91 Å². The molecule has 1 amide bonds. The Morgan fingerprint density at radius 2 is 1.97 bits per heavy atom. The van der Waals surface area contributed by atoms with Gasteiger partial charge in [-0.3, -0.25) is 14.7 Å². The van der Waals surface area contributed by atoms with Gasteiger partial charge in [0.15, 0.2) is 0 Å². The van der Waals surface area contributed by atoms with Crippen LogP contribution in [0.25, 0.3) is 21.0 Å². The second-order valence-electron chi connectivity index (χ2n) is 8.59. The van der Waals surface area contributed by atoms with Crippen molar-refractivity contribution in [1.82, 2.24) is 14.9 Å². The maximum Gasteiger partial charge on any atom is 0.267 e. The molecule has 0 spiro atoms. The molecule has 0 saturated heterocycles. The molecule has 4 heterocycles. The number of carbonyl (C=O) groups is 1. The molecule has 0 atom stereocenters. The van der Waals surface area contributed by atoms with Crippen LogP contribution in [0.3, 0.4) is 0 Å². The minimum absolute atomic E-state index is 0.214. The first-order valence-electron chi connectivity index (χ1n) is 11.3. The average Bonchev–Trinajstić information content (AvgIpc) is 3.19. The first-order valence-corrected chi connectivity index (χ1v) is 12.1. The van der Waals surface area contributed by atoms with Gasteiger partial charge in [-0.25, -0.2) is 4.98 Å². The minimum atomic E-state index is -0.214. The van der Waals surface area contributed by atoms with Crippen LogP contribution in [0.4, 0.5) is 11.4 Å². The maximum absolute atomic E-state index is 13.2. The Hall–Kier alpha value is -3.81. The molecule has 34 heavy (non-hydrogen) atoms. The highest BCUT2D eigenvalue weighted by atomic mass is 32.1. The van der Waals surface area contributed by atoms with Crippen LogP contribution in [0.5, 0.6) is 0 Å². The van der Waals surface area contributed by atoms with E-state index < -0.39 is 0 Å². The quantitative estimate of drug-likeness (QED) is 0.379. The van der Waals surface area contributed by atoms with E-state index in [9.17, 15) is 4.79 Å². The van der Waals surface area contributed by atoms with Crippen molar-refractivity contribution in [3.8, 4) is 0 Å². The number of nitrogens with two attached hydrogens (primary N) is 1. The van der Waals surface area contributed by atoms with Gasteiger partial charge in [0.25, 0.3) is 5.91 Å². The van der Waals surface area contributed by atoms with E-state index in [1.807, 2.05) is 30.3 Å². The normalized spacial score (nSPS) is 13.8. The summed E-state index contributed by atoms with van der Waals surface area (Å²) in [6, 6.07) is 20.3. The predicted octanol–water partition coefficient (Wildman–Crippen LogP) is 5.24. The van der Waals surface area contributed by atoms with Gasteiger partial charge in [-0.1, -0.05) is 42.5 Å². The van der Waals surface area contributed by atoms with E-state index in [1.54, 1.807) is 12.4 Å². The first kappa shape index (κ1) is 20.8. The third kappa shape index (κ3) is 3.79. The van der Waals surface area contributed by atoms with Crippen molar-refractivity contribution < 1.29 is 4.79 Å². The second kappa shape index (κ2) is 8.52. The van der Waals surface area contributed by atoms with Crippen molar-refractivity contribution in [2.24, 2.45) is 0 Å². The number of nitrogens with zero attached hydrogens (tertiary/aromatic N) is 3. The fraction of sp³-hybridized carbons (Fsp3) is 0.148. The number of hydrogen-bond donors (Lipinski definition) is 2. The number of thiophene rings is 1. The molecule has 6 rings (SSSR count). The number of anilines is 2. The molecule has 168 valence electrons. The fourth-order valence-corrected chi connectivity index (χ4v) is 5.60. The highest BCUT2D eigenvalue weighted by Gasteiger charge is 2.23. The Bertz CT molecular complexity index is 1520. The van der Waals surface area contributed by atoms with Crippen LogP contribution < -0.4 is 11.1 Å². The number of nitrogen functional groups attached to an aromatic ring is 1. The van der Waals surface area contributed by atoms with Gasteiger partial charge in [0, 0.05) is 66.0 Å². The summed E-state index contributed by atoms with van der Waals surface area (Å²) in [5.41, 5.74) is 11.3. The van der Waals surface area contributed by atoms with E-state index in [0.717, 1.165) is 58.4 Å². The van der Waals surface area contributed by atoms with Crippen LogP contribution >= 0.6 is 11.3 Å². The summed E-state index contributed by atoms with van der Waals surface area (Å²) in [5, 5.41) is 5.81. The topological polar surface area (TPSA) is 84.1 Å². The molecule has 7 heteroatoms. The number of rotatable bonds is 4. The predicted molar refractivity (Wildman–Crippen MR) is 138 cm³/mol. The molecule has 0 bridgehead atoms. The number of carbonyl (C=O) groups excluding carboxylic acids is 1. The van der Waals surface area contributed by atoms with Gasteiger partial charge in [-0.05, 0) is 29.3 Å². The molecule has 0 fully saturated rings. The zero-order chi connectivity index (χ0) is 23.1. The van der Waals surface area contributed by atoms with Gasteiger partial charge >= 0.3 is 0 Å². The molecular weight excluding hydrogens is 442 g/mol. The van der Waals surface area contributed by atoms with Crippen LogP contribution in [0.2, 0.25) is 0 Å². The van der Waals surface area contributed by atoms with Gasteiger partial charge in [0.2, 0.25) is 0 Å². The zero-order valence-corrected chi connectivity index (χ0v) is 19.3. The number of aromatic nitrogens is 2. The van der Waals surface area contributed by atoms with Crippen LogP contribution in [-0.2, 0) is 19.5 Å². The maximum atomic E-state index is 13.2. The third-order valence-electron chi connectivity index (χ3n) is 6.33. The lowest BCUT2D eigenvalue weighted by Gasteiger charge is -2.28. The summed E-state index contributed by atoms with van der Waals surface area (Å²) < 4.78 is 0. The Kier molecular flexibility index (Phi) is 5.20. The molecule has 0 saturated carbocycles. The Morgan fingerprint density at radius 3 is 2.85 bits per heavy atom. The number of nitrogens with one attached hydrogen (secondary N) is 1. The number of hydrogen-bond acceptors (Lipinski definition) is 6. The van der Waals surface area contributed by atoms with E-state index in [1.165, 1.54) is 22.5 Å². The second-order valence-corrected chi connectivity index (χ2v) is 9.59. The summed E-state index contributed by atoms with van der Waals surface area (Å²) in [5.74, 6) is -0.214. The van der Waals surface area contributed by atoms with Gasteiger partial charge in [-0.15, -0.1) is 11.3 Å². The van der Waals surface area contributed by atoms with Gasteiger partial charge in [0.1, 0.15) is 9.71 Å². The van der Waals surface area contributed by atoms with E-state index in [0.29, 0.717) is 10.6 Å². The molecule has 1 aliphatic rings. The van der Waals surface area contributed by atoms with Crippen molar-refractivity contribution >= 4 is 49.6 Å². The SMILES string of the molecule is Nc1c(C(=O)Nc2cccc3cnccc23)sc2nc3c(cc12)CN(Cc1ccccc1)CC3. The lowest BCUT2D eigenvalue weighted by atomic mass is 10.0. The lowest BCUT2D eigenvalue weighted by molar-refractivity contribution is 0.103. The highest BCUT2D eigenvalue weighted by molar-refractivity contribution is 7.21. The van der Waals surface area contributed by atoms with Gasteiger partial charge in [0.05, 0.1) is 5.69 Å². The molecule has 2 aromatic carbocycles. The van der Waals surface area contributed by atoms with Crippen molar-refractivity contribution in [2.75, 3.05) is 17.6 Å². The largest absolute Gasteiger partial charge is 0.397 e. The Balaban J connectivity index is 1.28. The van der Waals surface area contributed by atoms with Crippen molar-refractivity contribution in [3.63, 3.8) is 0 Å². The van der Waals surface area contributed by atoms with Crippen LogP contribution in [0, 0.1) is 0 Å². The van der Waals surface area contributed by atoms with Crippen molar-refractivity contribution in [3.05, 3.63) is 94.8 Å². The molecule has 1 aliphatic heterocycles. The van der Waals surface area contributed by atoms with E-state index >= 15 is 0 Å². The molecule has 5 aromatic rings. The Morgan fingerprint density at radius 1 is 1.09 bits per heavy atom. The van der Waals surface area contributed by atoms with Gasteiger partial charge < -0.3 is 11.1 Å². The lowest BCUT2D eigenvalue weighted by Crippen LogP contribution is -2.30. The molecule has 0 unspecified atom stereocenters. The smallest absolute Gasteiger partial charge is 0.267 e. The number of fused-ring (bicyclic) bond motifs is 3. The molecule has 0 radical (unpaired) electrons. The Labute approximate surface area is 201 Å². The molecular formula is C27H23N5OS. The average molecular weight is 466 g/mol. The van der Waals surface area contributed by atoms with Crippen molar-refractivity contribution in [1.29, 1.82) is 0 Å². The summed E-state index contributed by atoms with van der Waals surface area (Å²) in [7, 11) is 0. The van der Waals surface area contributed by atoms with Crippen LogP contribution in [0.1, 0.15) is 26.5 Å². The monoisotopic (exact) mass is 465 g/mol. The standard InChI is InChI=1S/C27H23N5OS/c28-24-21-13-19-16-32(15-17-5-2-1-3-6-17)12-10-22(19)31-27(21)34-25(24)26(33)30-23-8-4-7-18-14-29-11-9-20(18)23/h1-9,11,13-14H,10,12,15-16,28H2,(H,30,33). The van der Waals surface area contributed by atoms with Crippen LogP contribution in [0.15, 0.2) is 73.1 Å². The van der Waals surface area contributed by atoms with Crippen molar-refractivity contribution in [2.45, 2.75) is 19.5 Å². The fourth-order valence-electron chi connectivity index (χ4n) is 4.61. The molecule has 3 N–H and O–H groups in total.